The Labute approximate surface area is 144 Å². The summed E-state index contributed by atoms with van der Waals surface area (Å²) in [5.74, 6) is -0.368. The Morgan fingerprint density at radius 1 is 1.10 bits per heavy atom. The molecule has 1 aromatic carbocycles. The first-order chi connectivity index (χ1) is 9.20. The summed E-state index contributed by atoms with van der Waals surface area (Å²) in [7, 11) is 0. The molecule has 4 nitrogen and oxygen atoms in total. The van der Waals surface area contributed by atoms with Crippen LogP contribution in [0, 0.1) is 0 Å². The van der Waals surface area contributed by atoms with Gasteiger partial charge in [-0.25, -0.2) is 0 Å². The molecule has 0 heterocycles. The van der Waals surface area contributed by atoms with Crippen LogP contribution in [0.3, 0.4) is 0 Å². The average Bonchev–Trinajstić information content (AvgIpc) is 2.38. The van der Waals surface area contributed by atoms with E-state index in [9.17, 15) is 9.90 Å². The van der Waals surface area contributed by atoms with Crippen LogP contribution in [0.25, 0.3) is 0 Å². The number of rotatable bonds is 10. The van der Waals surface area contributed by atoms with Crippen LogP contribution >= 0.6 is 0 Å². The first-order valence-corrected chi connectivity index (χ1v) is 6.89. The molecule has 0 amide bonds. The first kappa shape index (κ1) is 19.4. The molecule has 0 saturated carbocycles. The Morgan fingerprint density at radius 2 is 1.75 bits per heavy atom. The summed E-state index contributed by atoms with van der Waals surface area (Å²) < 4.78 is 0. The van der Waals surface area contributed by atoms with E-state index in [1.165, 1.54) is 0 Å². The predicted octanol–water partition coefficient (Wildman–Crippen LogP) is 0.0235. The molecule has 0 saturated heterocycles. The number of carbonyl (C=O) groups is 1. The van der Waals surface area contributed by atoms with Crippen molar-refractivity contribution in [1.82, 2.24) is 5.32 Å². The average molecular weight is 289 g/mol. The molecular weight excluding hydrogens is 265 g/mol. The molecule has 0 atom stereocenters. The fourth-order valence-corrected chi connectivity index (χ4v) is 1.94. The zero-order valence-electron chi connectivity index (χ0n) is 13.3. The molecule has 1 rings (SSSR count). The van der Waals surface area contributed by atoms with Crippen LogP contribution in [0.1, 0.15) is 45.5 Å². The van der Waals surface area contributed by atoms with Gasteiger partial charge in [0.1, 0.15) is 5.75 Å². The molecule has 0 aliphatic heterocycles. The number of nitrogens with one attached hydrogen (secondary N) is 1. The van der Waals surface area contributed by atoms with Gasteiger partial charge in [0.15, 0.2) is 0 Å². The van der Waals surface area contributed by atoms with Gasteiger partial charge < -0.3 is 17.0 Å². The van der Waals surface area contributed by atoms with Crippen LogP contribution in [-0.4, -0.2) is 22.7 Å². The number of unbranched alkanes of at least 4 members (excludes halogenated alkanes) is 4. The Balaban J connectivity index is 0. The molecule has 0 radical (unpaired) electrons. The second kappa shape index (κ2) is 12.2. The number of aliphatic carboxylic acids is 1. The van der Waals surface area contributed by atoms with Crippen molar-refractivity contribution in [2.45, 2.75) is 45.1 Å². The third-order valence-electron chi connectivity index (χ3n) is 3.05. The van der Waals surface area contributed by atoms with Crippen molar-refractivity contribution in [3.63, 3.8) is 0 Å². The predicted molar refractivity (Wildman–Crippen MR) is 76.3 cm³/mol. The third kappa shape index (κ3) is 9.37. The molecule has 0 unspecified atom stereocenters. The summed E-state index contributed by atoms with van der Waals surface area (Å²) in [6.45, 7) is 1.61. The van der Waals surface area contributed by atoms with Gasteiger partial charge in [-0.15, -0.1) is 0 Å². The second-order valence-electron chi connectivity index (χ2n) is 4.72. The molecule has 5 heteroatoms. The maximum atomic E-state index is 10.3. The fourth-order valence-electron chi connectivity index (χ4n) is 1.94. The van der Waals surface area contributed by atoms with Gasteiger partial charge >= 0.3 is 35.5 Å². The first-order valence-electron chi connectivity index (χ1n) is 6.89. The summed E-state index contributed by atoms with van der Waals surface area (Å²) in [5, 5.41) is 21.4. The van der Waals surface area contributed by atoms with Crippen LogP contribution < -0.4 is 34.9 Å². The van der Waals surface area contributed by atoms with Gasteiger partial charge in [-0.2, -0.15) is 0 Å². The smallest absolute Gasteiger partial charge is 1.00 e. The van der Waals surface area contributed by atoms with Gasteiger partial charge in [0, 0.05) is 18.5 Å². The number of benzene rings is 1. The molecule has 108 valence electrons. The van der Waals surface area contributed by atoms with E-state index < -0.39 is 5.97 Å². The quantitative estimate of drug-likeness (QED) is 0.420. The maximum absolute atomic E-state index is 10.3. The molecule has 0 spiro atoms. The minimum absolute atomic E-state index is 0. The number of carboxylic acid groups (broad SMARTS) is 1. The van der Waals surface area contributed by atoms with Crippen LogP contribution in [-0.2, 0) is 11.3 Å². The van der Waals surface area contributed by atoms with Gasteiger partial charge in [-0.1, -0.05) is 37.5 Å². The standard InChI is InChI=1S/C15H23NO3.Na.H/c17-14-9-6-5-8-13(14)12-16-11-7-3-1-2-4-10-15(18)19;;/h5-6,8-9,16-17H,1-4,7,10-12H2,(H,18,19);;/q;+1;-1. The second-order valence-corrected chi connectivity index (χ2v) is 4.72. The van der Waals surface area contributed by atoms with Crippen LogP contribution in [0.5, 0.6) is 5.75 Å². The van der Waals surface area contributed by atoms with Gasteiger partial charge in [-0.3, -0.25) is 4.79 Å². The summed E-state index contributed by atoms with van der Waals surface area (Å²) in [6.07, 6.45) is 5.34. The van der Waals surface area contributed by atoms with E-state index in [1.54, 1.807) is 6.07 Å². The van der Waals surface area contributed by atoms with Crippen molar-refractivity contribution in [3.05, 3.63) is 29.8 Å². The number of hydrogen-bond acceptors (Lipinski definition) is 3. The monoisotopic (exact) mass is 289 g/mol. The Bertz CT molecular complexity index is 391. The molecule has 0 aliphatic rings. The Morgan fingerprint density at radius 3 is 2.45 bits per heavy atom. The molecule has 0 bridgehead atoms. The normalized spacial score (nSPS) is 10.0. The van der Waals surface area contributed by atoms with Crippen LogP contribution in [0.4, 0.5) is 0 Å². The molecule has 20 heavy (non-hydrogen) atoms. The number of phenols is 1. The molecule has 3 N–H and O–H groups in total. The van der Waals surface area contributed by atoms with Gasteiger partial charge in [0.05, 0.1) is 0 Å². The van der Waals surface area contributed by atoms with E-state index in [0.717, 1.165) is 44.2 Å². The molecule has 0 aliphatic carbocycles. The largest absolute Gasteiger partial charge is 1.00 e. The summed E-state index contributed by atoms with van der Waals surface area (Å²) >= 11 is 0. The summed E-state index contributed by atoms with van der Waals surface area (Å²) in [5.41, 5.74) is 0.920. The van der Waals surface area contributed by atoms with Crippen molar-refractivity contribution in [2.24, 2.45) is 0 Å². The van der Waals surface area contributed by atoms with Crippen LogP contribution in [0.2, 0.25) is 0 Å². The number of phenolic OH excluding ortho intramolecular Hbond substituents is 1. The van der Waals surface area contributed by atoms with E-state index in [2.05, 4.69) is 5.32 Å². The van der Waals surface area contributed by atoms with Crippen molar-refractivity contribution in [3.8, 4) is 5.75 Å². The van der Waals surface area contributed by atoms with Crippen molar-refractivity contribution >= 4 is 5.97 Å². The summed E-state index contributed by atoms with van der Waals surface area (Å²) in [4.78, 5) is 10.3. The number of hydrogen-bond donors (Lipinski definition) is 3. The zero-order chi connectivity index (χ0) is 13.9. The van der Waals surface area contributed by atoms with E-state index in [1.807, 2.05) is 18.2 Å². The third-order valence-corrected chi connectivity index (χ3v) is 3.05. The summed E-state index contributed by atoms with van der Waals surface area (Å²) in [6, 6.07) is 7.34. The van der Waals surface area contributed by atoms with Crippen molar-refractivity contribution < 1.29 is 46.0 Å². The molecule has 1 aromatic rings. The van der Waals surface area contributed by atoms with E-state index in [4.69, 9.17) is 5.11 Å². The zero-order valence-corrected chi connectivity index (χ0v) is 14.3. The Hall–Kier alpha value is -0.550. The van der Waals surface area contributed by atoms with Crippen molar-refractivity contribution in [1.29, 1.82) is 0 Å². The molecular formula is C15H24NNaO3. The molecule has 0 fully saturated rings. The number of carboxylic acids is 1. The molecule has 0 aromatic heterocycles. The maximum Gasteiger partial charge on any atom is 1.00 e. The van der Waals surface area contributed by atoms with Crippen molar-refractivity contribution in [2.75, 3.05) is 6.54 Å². The van der Waals surface area contributed by atoms with E-state index in [0.29, 0.717) is 12.3 Å². The van der Waals surface area contributed by atoms with E-state index in [-0.39, 0.29) is 37.4 Å². The van der Waals surface area contributed by atoms with E-state index >= 15 is 0 Å². The minimum atomic E-state index is -0.704. The van der Waals surface area contributed by atoms with Gasteiger partial charge in [0.2, 0.25) is 0 Å². The minimum Gasteiger partial charge on any atom is -1.00 e. The van der Waals surface area contributed by atoms with Gasteiger partial charge in [-0.05, 0) is 25.5 Å². The topological polar surface area (TPSA) is 69.6 Å². The number of aromatic hydroxyl groups is 1. The Kier molecular flexibility index (Phi) is 11.9. The van der Waals surface area contributed by atoms with Gasteiger partial charge in [0.25, 0.3) is 0 Å². The fraction of sp³-hybridized carbons (Fsp3) is 0.533. The SMILES string of the molecule is O=C(O)CCCCCCCNCc1ccccc1O.[H-].[Na+]. The van der Waals surface area contributed by atoms with Crippen LogP contribution in [0.15, 0.2) is 24.3 Å². The number of para-hydroxylation sites is 1.